The number of nitrogens with one attached hydrogen (secondary N) is 1. The van der Waals surface area contributed by atoms with E-state index in [-0.39, 0.29) is 5.91 Å². The van der Waals surface area contributed by atoms with E-state index in [1.165, 1.54) is 25.7 Å². The zero-order valence-corrected chi connectivity index (χ0v) is 15.6. The van der Waals surface area contributed by atoms with Crippen LogP contribution in [0.4, 0.5) is 5.69 Å². The van der Waals surface area contributed by atoms with Crippen molar-refractivity contribution in [2.45, 2.75) is 39.0 Å². The van der Waals surface area contributed by atoms with Gasteiger partial charge < -0.3 is 10.1 Å². The average Bonchev–Trinajstić information content (AvgIpc) is 2.58. The quantitative estimate of drug-likeness (QED) is 0.529. The van der Waals surface area contributed by atoms with Gasteiger partial charge in [0.05, 0.1) is 6.61 Å². The van der Waals surface area contributed by atoms with Crippen molar-refractivity contribution in [3.63, 3.8) is 0 Å². The van der Waals surface area contributed by atoms with Crippen molar-refractivity contribution in [2.75, 3.05) is 11.9 Å². The van der Waals surface area contributed by atoms with Gasteiger partial charge in [0.25, 0.3) is 5.91 Å². The molecule has 0 aliphatic carbocycles. The highest BCUT2D eigenvalue weighted by atomic mass is 79.9. The molecule has 0 saturated carbocycles. The van der Waals surface area contributed by atoms with Crippen LogP contribution in [0.25, 0.3) is 0 Å². The van der Waals surface area contributed by atoms with Crippen LogP contribution in [-0.4, -0.2) is 12.5 Å². The molecule has 0 spiro atoms. The molecule has 24 heavy (non-hydrogen) atoms. The van der Waals surface area contributed by atoms with E-state index in [9.17, 15) is 4.79 Å². The van der Waals surface area contributed by atoms with Crippen molar-refractivity contribution in [1.82, 2.24) is 0 Å². The van der Waals surface area contributed by atoms with Crippen LogP contribution < -0.4 is 10.1 Å². The van der Waals surface area contributed by atoms with Crippen molar-refractivity contribution in [2.24, 2.45) is 0 Å². The van der Waals surface area contributed by atoms with Gasteiger partial charge in [-0.05, 0) is 48.9 Å². The Morgan fingerprint density at radius 3 is 2.50 bits per heavy atom. The summed E-state index contributed by atoms with van der Waals surface area (Å²) < 4.78 is 6.65. The van der Waals surface area contributed by atoms with Crippen LogP contribution >= 0.6 is 15.9 Å². The second-order valence-corrected chi connectivity index (χ2v) is 6.67. The highest BCUT2D eigenvalue weighted by Gasteiger charge is 2.06. The molecule has 128 valence electrons. The normalized spacial score (nSPS) is 10.4. The minimum absolute atomic E-state index is 0.126. The molecule has 1 N–H and O–H groups in total. The highest BCUT2D eigenvalue weighted by Crippen LogP contribution is 2.18. The maximum atomic E-state index is 12.2. The molecule has 2 aromatic rings. The van der Waals surface area contributed by atoms with E-state index in [4.69, 9.17) is 4.74 Å². The smallest absolute Gasteiger partial charge is 0.255 e. The number of carbonyl (C=O) groups excluding carboxylic acids is 1. The van der Waals surface area contributed by atoms with Gasteiger partial charge in [-0.1, -0.05) is 54.6 Å². The fraction of sp³-hybridized carbons (Fsp3) is 0.350. The molecule has 4 heteroatoms. The van der Waals surface area contributed by atoms with Gasteiger partial charge in [-0.25, -0.2) is 0 Å². The number of ether oxygens (including phenoxy) is 1. The van der Waals surface area contributed by atoms with Crippen molar-refractivity contribution < 1.29 is 9.53 Å². The number of halogens is 1. The topological polar surface area (TPSA) is 38.3 Å². The molecule has 0 unspecified atom stereocenters. The van der Waals surface area contributed by atoms with Gasteiger partial charge in [0.2, 0.25) is 0 Å². The first-order valence-electron chi connectivity index (χ1n) is 8.49. The molecule has 0 atom stereocenters. The summed E-state index contributed by atoms with van der Waals surface area (Å²) in [6.07, 6.45) is 6.10. The van der Waals surface area contributed by atoms with Gasteiger partial charge in [-0.2, -0.15) is 0 Å². The molecule has 0 aromatic heterocycles. The third kappa shape index (κ3) is 6.36. The second-order valence-electron chi connectivity index (χ2n) is 5.75. The Kier molecular flexibility index (Phi) is 7.83. The van der Waals surface area contributed by atoms with Crippen LogP contribution in [0.15, 0.2) is 53.0 Å². The highest BCUT2D eigenvalue weighted by molar-refractivity contribution is 9.10. The first-order chi connectivity index (χ1) is 11.7. The van der Waals surface area contributed by atoms with Crippen LogP contribution in [0, 0.1) is 0 Å². The van der Waals surface area contributed by atoms with Gasteiger partial charge >= 0.3 is 0 Å². The van der Waals surface area contributed by atoms with E-state index in [2.05, 4.69) is 28.2 Å². The third-order valence-electron chi connectivity index (χ3n) is 3.72. The molecular formula is C20H24BrNO2. The van der Waals surface area contributed by atoms with E-state index >= 15 is 0 Å². The van der Waals surface area contributed by atoms with Gasteiger partial charge in [0.15, 0.2) is 0 Å². The van der Waals surface area contributed by atoms with Crippen molar-refractivity contribution in [3.8, 4) is 5.75 Å². The number of unbranched alkanes of at least 4 members (excludes halogenated alkanes) is 4. The summed E-state index contributed by atoms with van der Waals surface area (Å²) in [6, 6.07) is 14.8. The Bertz CT molecular complexity index is 640. The first kappa shape index (κ1) is 18.5. The molecule has 2 aromatic carbocycles. The van der Waals surface area contributed by atoms with Crippen LogP contribution in [0.2, 0.25) is 0 Å². The van der Waals surface area contributed by atoms with E-state index in [1.807, 2.05) is 36.4 Å². The summed E-state index contributed by atoms with van der Waals surface area (Å²) in [7, 11) is 0. The van der Waals surface area contributed by atoms with Crippen molar-refractivity contribution in [1.29, 1.82) is 0 Å². The predicted octanol–water partition coefficient (Wildman–Crippen LogP) is 6.05. The molecule has 0 aliphatic heterocycles. The molecular weight excluding hydrogens is 366 g/mol. The molecule has 0 aliphatic rings. The number of rotatable bonds is 9. The molecule has 0 fully saturated rings. The zero-order chi connectivity index (χ0) is 17.2. The monoisotopic (exact) mass is 389 g/mol. The molecule has 1 amide bonds. The fourth-order valence-corrected chi connectivity index (χ4v) is 2.77. The molecule has 0 bridgehead atoms. The first-order valence-corrected chi connectivity index (χ1v) is 9.28. The Labute approximate surface area is 152 Å². The molecule has 2 rings (SSSR count). The lowest BCUT2D eigenvalue weighted by atomic mass is 10.1. The predicted molar refractivity (Wildman–Crippen MR) is 103 cm³/mol. The zero-order valence-electron chi connectivity index (χ0n) is 14.1. The number of carbonyl (C=O) groups is 1. The van der Waals surface area contributed by atoms with Gasteiger partial charge in [-0.15, -0.1) is 0 Å². The van der Waals surface area contributed by atoms with Crippen LogP contribution in [-0.2, 0) is 0 Å². The number of anilines is 1. The minimum Gasteiger partial charge on any atom is -0.494 e. The second kappa shape index (κ2) is 10.1. The molecule has 3 nitrogen and oxygen atoms in total. The van der Waals surface area contributed by atoms with E-state index in [0.717, 1.165) is 28.9 Å². The lowest BCUT2D eigenvalue weighted by molar-refractivity contribution is 0.102. The summed E-state index contributed by atoms with van der Waals surface area (Å²) in [4.78, 5) is 12.2. The Morgan fingerprint density at radius 2 is 1.79 bits per heavy atom. The largest absolute Gasteiger partial charge is 0.494 e. The Morgan fingerprint density at radius 1 is 1.04 bits per heavy atom. The lowest BCUT2D eigenvalue weighted by Crippen LogP contribution is -2.11. The maximum Gasteiger partial charge on any atom is 0.255 e. The van der Waals surface area contributed by atoms with E-state index in [1.54, 1.807) is 12.1 Å². The Balaban J connectivity index is 1.79. The minimum atomic E-state index is -0.126. The number of hydrogen-bond acceptors (Lipinski definition) is 2. The molecule has 0 saturated heterocycles. The van der Waals surface area contributed by atoms with Crippen LogP contribution in [0.1, 0.15) is 49.4 Å². The summed E-state index contributed by atoms with van der Waals surface area (Å²) in [5.41, 5.74) is 1.38. The summed E-state index contributed by atoms with van der Waals surface area (Å²) >= 11 is 3.39. The van der Waals surface area contributed by atoms with E-state index < -0.39 is 0 Å². The Hall–Kier alpha value is -1.81. The SMILES string of the molecule is CCCCCCCOc1ccc(C(=O)Nc2cccc(Br)c2)cc1. The van der Waals surface area contributed by atoms with Gasteiger partial charge in [0, 0.05) is 15.7 Å². The molecule has 0 radical (unpaired) electrons. The van der Waals surface area contributed by atoms with Gasteiger partial charge in [-0.3, -0.25) is 4.79 Å². The van der Waals surface area contributed by atoms with Crippen LogP contribution in [0.3, 0.4) is 0 Å². The maximum absolute atomic E-state index is 12.2. The van der Waals surface area contributed by atoms with Crippen molar-refractivity contribution >= 4 is 27.5 Å². The number of amides is 1. The molecule has 0 heterocycles. The third-order valence-corrected chi connectivity index (χ3v) is 4.21. The number of hydrogen-bond donors (Lipinski definition) is 1. The summed E-state index contributed by atoms with van der Waals surface area (Å²) in [5, 5.41) is 2.88. The van der Waals surface area contributed by atoms with Gasteiger partial charge in [0.1, 0.15) is 5.75 Å². The van der Waals surface area contributed by atoms with Crippen molar-refractivity contribution in [3.05, 3.63) is 58.6 Å². The van der Waals surface area contributed by atoms with Crippen LogP contribution in [0.5, 0.6) is 5.75 Å². The lowest BCUT2D eigenvalue weighted by Gasteiger charge is -2.08. The summed E-state index contributed by atoms with van der Waals surface area (Å²) in [5.74, 6) is 0.684. The van der Waals surface area contributed by atoms with E-state index in [0.29, 0.717) is 5.56 Å². The average molecular weight is 390 g/mol. The standard InChI is InChI=1S/C20H24BrNO2/c1-2-3-4-5-6-14-24-19-12-10-16(11-13-19)20(23)22-18-9-7-8-17(21)15-18/h7-13,15H,2-6,14H2,1H3,(H,22,23). The number of benzene rings is 2. The fourth-order valence-electron chi connectivity index (χ4n) is 2.37. The summed E-state index contributed by atoms with van der Waals surface area (Å²) in [6.45, 7) is 2.94.